The molecule has 2 atom stereocenters. The van der Waals surface area contributed by atoms with Gasteiger partial charge in [0, 0.05) is 128 Å². The Hall–Kier alpha value is -8.92. The maximum Gasteiger partial charge on any atom is 0.298 e. The van der Waals surface area contributed by atoms with E-state index >= 15 is 0 Å². The van der Waals surface area contributed by atoms with Crippen LogP contribution in [0, 0.1) is 11.8 Å². The van der Waals surface area contributed by atoms with Crippen molar-refractivity contribution in [3.05, 3.63) is 175 Å². The van der Waals surface area contributed by atoms with Crippen LogP contribution in [0.25, 0.3) is 33.5 Å². The number of carbonyl (C=O) groups excluding carboxylic acids is 4. The normalized spacial score (nSPS) is 15.5. The highest BCUT2D eigenvalue weighted by atomic mass is 19.3. The third kappa shape index (κ3) is 11.2. The molecular weight excluding hydrogens is 967 g/mol. The quantitative estimate of drug-likeness (QED) is 0.0538. The molecule has 0 spiro atoms. The van der Waals surface area contributed by atoms with E-state index in [9.17, 15) is 36.7 Å². The van der Waals surface area contributed by atoms with Crippen LogP contribution in [0.3, 0.4) is 0 Å². The Kier molecular flexibility index (Phi) is 14.5. The van der Waals surface area contributed by atoms with Crippen LogP contribution < -0.4 is 5.32 Å². The van der Waals surface area contributed by atoms with Gasteiger partial charge in [-0.3, -0.25) is 42.9 Å². The Morgan fingerprint density at radius 3 is 1.77 bits per heavy atom. The standard InChI is InChI=1S/C29H25F2N5O2.C27H24F2N6O2/c1-3-4-26(38)35-13-10-21(18-35)28-34-27(24-17-32-12-14-36(24)28)20-7-5-19(6-8-20)25(37)16-23-15-22(9-11-33-23)29(2,30)31;1-3-23(36)34-12-9-19(16-34)25-33-24(21-15-30-11-13-35(21)25)17-4-6-18(7-5-17)26(37)32-22-14-20(8-10-31-22)27(2,28)29/h5-9,11-12,14-15,17,21H,10,13,16,18H2,1-2H3;3-8,10-11,13-15,19H,1,9,12,16H2,2H3,(H,31,32,37)/t21-;19-/m11/s1. The van der Waals surface area contributed by atoms with Crippen LogP contribution in [0.4, 0.5) is 23.4 Å². The van der Waals surface area contributed by atoms with Gasteiger partial charge in [-0.05, 0) is 68.2 Å². The number of alkyl halides is 4. The lowest BCUT2D eigenvalue weighted by atomic mass is 10.0. The predicted molar refractivity (Wildman–Crippen MR) is 272 cm³/mol. The molecule has 1 N–H and O–H groups in total. The molecule has 0 saturated carbocycles. The summed E-state index contributed by atoms with van der Waals surface area (Å²) in [6, 6.07) is 18.8. The number of pyridine rings is 2. The van der Waals surface area contributed by atoms with Gasteiger partial charge in [0.05, 0.1) is 41.2 Å². The predicted octanol–water partition coefficient (Wildman–Crippen LogP) is 9.32. The van der Waals surface area contributed by atoms with E-state index in [1.165, 1.54) is 36.7 Å². The van der Waals surface area contributed by atoms with Gasteiger partial charge in [0.1, 0.15) is 17.5 Å². The number of amides is 3. The zero-order valence-electron chi connectivity index (χ0n) is 41.1. The number of fused-ring (bicyclic) bond motifs is 2. The lowest BCUT2D eigenvalue weighted by Crippen LogP contribution is -2.27. The van der Waals surface area contributed by atoms with Crippen molar-refractivity contribution in [1.82, 2.24) is 48.5 Å². The molecule has 3 amide bonds. The van der Waals surface area contributed by atoms with E-state index in [0.29, 0.717) is 48.7 Å². The molecule has 15 nitrogen and oxygen atoms in total. The van der Waals surface area contributed by atoms with E-state index in [-0.39, 0.29) is 52.8 Å². The summed E-state index contributed by atoms with van der Waals surface area (Å²) in [7, 11) is 0. The van der Waals surface area contributed by atoms with Crippen LogP contribution in [0.1, 0.15) is 94.6 Å². The molecule has 75 heavy (non-hydrogen) atoms. The Balaban J connectivity index is 0.000000184. The molecule has 0 aliphatic carbocycles. The monoisotopic (exact) mass is 1020 g/mol. The number of Topliss-reactive ketones (excluding diaryl/α,β-unsaturated/α-hetero) is 1. The molecule has 10 rings (SSSR count). The zero-order chi connectivity index (χ0) is 53.0. The van der Waals surface area contributed by atoms with Crippen LogP contribution in [-0.2, 0) is 27.9 Å². The first-order valence-electron chi connectivity index (χ1n) is 24.0. The van der Waals surface area contributed by atoms with Gasteiger partial charge in [-0.1, -0.05) is 48.9 Å². The summed E-state index contributed by atoms with van der Waals surface area (Å²) in [6.45, 7) is 9.19. The number of nitrogens with zero attached hydrogens (tertiary/aromatic N) is 10. The zero-order valence-corrected chi connectivity index (χ0v) is 41.1. The van der Waals surface area contributed by atoms with Gasteiger partial charge in [-0.2, -0.15) is 0 Å². The molecule has 2 fully saturated rings. The fourth-order valence-electron chi connectivity index (χ4n) is 9.23. The highest BCUT2D eigenvalue weighted by Crippen LogP contribution is 2.35. The topological polar surface area (TPSA) is 173 Å². The molecular formula is C56H49F4N11O4. The van der Waals surface area contributed by atoms with Gasteiger partial charge in [0.2, 0.25) is 5.91 Å². The smallest absolute Gasteiger partial charge is 0.298 e. The maximum atomic E-state index is 13.7. The summed E-state index contributed by atoms with van der Waals surface area (Å²) in [5.74, 6) is 0.118. The third-order valence-corrected chi connectivity index (χ3v) is 13.1. The van der Waals surface area contributed by atoms with Crippen molar-refractivity contribution in [2.75, 3.05) is 31.5 Å². The number of hydrogen-bond acceptors (Lipinski definition) is 10. The summed E-state index contributed by atoms with van der Waals surface area (Å²) < 4.78 is 58.5. The van der Waals surface area contributed by atoms with Gasteiger partial charge in [0.15, 0.2) is 5.78 Å². The minimum absolute atomic E-state index is 0.0458. The number of rotatable bonds is 12. The SMILES string of the molecule is C=CC(=O)N1CC[C@@H](c2nc(-c3ccc(C(=O)Nc4cc(C(C)(F)F)ccn4)cc3)c3cnccn23)C1.CC#CC(=O)N1CC[C@@H](c2nc(-c3ccc(C(=O)Cc4cc(C(C)(F)F)ccn4)cc3)c3cnccn23)C1. The van der Waals surface area contributed by atoms with Crippen LogP contribution in [0.2, 0.25) is 0 Å². The highest BCUT2D eigenvalue weighted by molar-refractivity contribution is 6.04. The second kappa shape index (κ2) is 21.3. The van der Waals surface area contributed by atoms with Crippen molar-refractivity contribution in [1.29, 1.82) is 0 Å². The fraction of sp³-hybridized carbons (Fsp3) is 0.250. The summed E-state index contributed by atoms with van der Waals surface area (Å²) >= 11 is 0. The first-order valence-corrected chi connectivity index (χ1v) is 24.0. The minimum Gasteiger partial charge on any atom is -0.338 e. The van der Waals surface area contributed by atoms with Gasteiger partial charge in [0.25, 0.3) is 23.7 Å². The highest BCUT2D eigenvalue weighted by Gasteiger charge is 2.32. The molecule has 8 heterocycles. The number of likely N-dealkylation sites (tertiary alicyclic amines) is 2. The minimum atomic E-state index is -3.04. The second-order valence-electron chi connectivity index (χ2n) is 18.3. The number of imidazole rings is 2. The Morgan fingerprint density at radius 2 is 1.23 bits per heavy atom. The number of ketones is 1. The molecule has 2 aromatic carbocycles. The van der Waals surface area contributed by atoms with Crippen LogP contribution in [0.15, 0.2) is 135 Å². The Labute approximate surface area is 428 Å². The summed E-state index contributed by atoms with van der Waals surface area (Å²) in [5, 5.41) is 2.57. The third-order valence-electron chi connectivity index (χ3n) is 13.1. The molecule has 6 aromatic heterocycles. The van der Waals surface area contributed by atoms with Crippen molar-refractivity contribution in [3.63, 3.8) is 0 Å². The first-order chi connectivity index (χ1) is 36.0. The van der Waals surface area contributed by atoms with Crippen molar-refractivity contribution < 1.29 is 36.7 Å². The van der Waals surface area contributed by atoms with Gasteiger partial charge in [-0.15, -0.1) is 0 Å². The largest absolute Gasteiger partial charge is 0.338 e. The summed E-state index contributed by atoms with van der Waals surface area (Å²) in [4.78, 5) is 79.8. The average molecular weight is 1020 g/mol. The Morgan fingerprint density at radius 1 is 0.707 bits per heavy atom. The van der Waals surface area contributed by atoms with Gasteiger partial charge >= 0.3 is 0 Å². The van der Waals surface area contributed by atoms with E-state index in [4.69, 9.17) is 9.97 Å². The van der Waals surface area contributed by atoms with Crippen LogP contribution >= 0.6 is 0 Å². The molecule has 19 heteroatoms. The lowest BCUT2D eigenvalue weighted by molar-refractivity contribution is -0.125. The van der Waals surface area contributed by atoms with E-state index in [2.05, 4.69) is 43.7 Å². The fourth-order valence-corrected chi connectivity index (χ4v) is 9.23. The molecule has 0 unspecified atom stereocenters. The van der Waals surface area contributed by atoms with Gasteiger partial charge < -0.3 is 15.1 Å². The van der Waals surface area contributed by atoms with Crippen molar-refractivity contribution in [3.8, 4) is 34.4 Å². The van der Waals surface area contributed by atoms with E-state index < -0.39 is 17.8 Å². The van der Waals surface area contributed by atoms with Gasteiger partial charge in [-0.25, -0.2) is 32.5 Å². The lowest BCUT2D eigenvalue weighted by Gasteiger charge is -2.13. The van der Waals surface area contributed by atoms with Crippen LogP contribution in [0.5, 0.6) is 0 Å². The molecule has 8 aromatic rings. The Bertz CT molecular complexity index is 3540. The van der Waals surface area contributed by atoms with Crippen molar-refractivity contribution in [2.24, 2.45) is 0 Å². The summed E-state index contributed by atoms with van der Waals surface area (Å²) in [6.07, 6.45) is 15.9. The molecule has 2 saturated heterocycles. The number of anilines is 1. The number of carbonyl (C=O) groups is 4. The number of benzene rings is 2. The molecule has 2 aliphatic heterocycles. The molecule has 380 valence electrons. The number of halogens is 4. The second-order valence-corrected chi connectivity index (χ2v) is 18.3. The number of hydrogen-bond donors (Lipinski definition) is 1. The molecule has 2 aliphatic rings. The molecule has 0 bridgehead atoms. The van der Waals surface area contributed by atoms with Crippen molar-refractivity contribution in [2.45, 2.75) is 63.7 Å². The van der Waals surface area contributed by atoms with E-state index in [0.717, 1.165) is 72.3 Å². The van der Waals surface area contributed by atoms with E-state index in [1.807, 2.05) is 33.3 Å². The molecule has 0 radical (unpaired) electrons. The maximum absolute atomic E-state index is 13.7. The summed E-state index contributed by atoms with van der Waals surface area (Å²) in [5.41, 5.74) is 5.35. The first kappa shape index (κ1) is 51.0. The average Bonchev–Trinajstić information content (AvgIpc) is 4.25. The van der Waals surface area contributed by atoms with E-state index in [1.54, 1.807) is 77.9 Å². The number of nitrogens with one attached hydrogen (secondary N) is 1. The van der Waals surface area contributed by atoms with Crippen molar-refractivity contribution >= 4 is 40.4 Å². The number of aromatic nitrogens is 8. The van der Waals surface area contributed by atoms with Crippen LogP contribution in [-0.4, -0.2) is 98.2 Å².